The average molecular weight is 676 g/mol. The van der Waals surface area contributed by atoms with E-state index in [4.69, 9.17) is 19.4 Å². The van der Waals surface area contributed by atoms with Crippen LogP contribution in [0.5, 0.6) is 0 Å². The second-order valence-corrected chi connectivity index (χ2v) is 13.6. The van der Waals surface area contributed by atoms with Gasteiger partial charge in [0.25, 0.3) is 0 Å². The Morgan fingerprint density at radius 3 is 1.62 bits per heavy atom. The van der Waals surface area contributed by atoms with E-state index in [-0.39, 0.29) is 0 Å². The van der Waals surface area contributed by atoms with E-state index in [0.29, 0.717) is 17.5 Å². The second-order valence-electron chi connectivity index (χ2n) is 13.6. The highest BCUT2D eigenvalue weighted by molar-refractivity contribution is 6.26. The number of hydrogen-bond acceptors (Lipinski definition) is 4. The van der Waals surface area contributed by atoms with E-state index in [1.54, 1.807) is 0 Å². The lowest BCUT2D eigenvalue weighted by molar-refractivity contribution is 0.669. The first kappa shape index (κ1) is 29.5. The highest BCUT2D eigenvalue weighted by Crippen LogP contribution is 2.42. The lowest BCUT2D eigenvalue weighted by Crippen LogP contribution is -2.00. The van der Waals surface area contributed by atoms with Gasteiger partial charge in [0.15, 0.2) is 17.5 Å². The lowest BCUT2D eigenvalue weighted by Gasteiger charge is -2.13. The predicted molar refractivity (Wildman–Crippen MR) is 219 cm³/mol. The van der Waals surface area contributed by atoms with Crippen LogP contribution >= 0.6 is 0 Å². The van der Waals surface area contributed by atoms with Gasteiger partial charge in [-0.1, -0.05) is 146 Å². The standard InChI is InChI=1S/C49H29N3O/c1-2-13-31(14-3-1)47-50-48(34-23-22-30-12-4-5-15-32(30)26-34)52-49(51-47)43-28-35(29-45-46(43)41-20-10-11-21-44(41)53-45)33-24-25-40-38-18-7-6-16-36(38)37-17-8-9-19-39(37)42(40)27-33/h1-29H. The summed E-state index contributed by atoms with van der Waals surface area (Å²) in [7, 11) is 0. The van der Waals surface area contributed by atoms with Crippen LogP contribution in [0.2, 0.25) is 0 Å². The number of para-hydroxylation sites is 1. The van der Waals surface area contributed by atoms with Crippen LogP contribution in [0.15, 0.2) is 180 Å². The molecule has 2 heterocycles. The molecule has 9 aromatic carbocycles. The van der Waals surface area contributed by atoms with E-state index in [0.717, 1.165) is 55.1 Å². The van der Waals surface area contributed by atoms with Gasteiger partial charge in [-0.2, -0.15) is 0 Å². The number of hydrogen-bond donors (Lipinski definition) is 0. The molecule has 2 aromatic heterocycles. The molecule has 11 rings (SSSR count). The van der Waals surface area contributed by atoms with Gasteiger partial charge in [-0.3, -0.25) is 0 Å². The second kappa shape index (κ2) is 11.7. The molecule has 0 aliphatic heterocycles. The van der Waals surface area contributed by atoms with Gasteiger partial charge in [0.2, 0.25) is 0 Å². The first-order chi connectivity index (χ1) is 26.2. The van der Waals surface area contributed by atoms with Crippen molar-refractivity contribution >= 4 is 65.0 Å². The summed E-state index contributed by atoms with van der Waals surface area (Å²) in [6.45, 7) is 0. The molecule has 0 spiro atoms. The summed E-state index contributed by atoms with van der Waals surface area (Å²) in [5.74, 6) is 1.84. The van der Waals surface area contributed by atoms with Crippen molar-refractivity contribution in [3.63, 3.8) is 0 Å². The fourth-order valence-electron chi connectivity index (χ4n) is 7.95. The first-order valence-corrected chi connectivity index (χ1v) is 17.9. The van der Waals surface area contributed by atoms with Crippen LogP contribution in [0.4, 0.5) is 0 Å². The topological polar surface area (TPSA) is 51.8 Å². The largest absolute Gasteiger partial charge is 0.456 e. The highest BCUT2D eigenvalue weighted by atomic mass is 16.3. The zero-order valence-corrected chi connectivity index (χ0v) is 28.5. The summed E-state index contributed by atoms with van der Waals surface area (Å²) in [4.78, 5) is 15.5. The molecule has 0 saturated heterocycles. The van der Waals surface area contributed by atoms with Crippen LogP contribution in [0.3, 0.4) is 0 Å². The SMILES string of the molecule is c1ccc(-c2nc(-c3ccc4ccccc4c3)nc(-c3cc(-c4ccc5c6ccccc6c6ccccc6c5c4)cc4oc5ccccc5c34)n2)cc1. The van der Waals surface area contributed by atoms with Gasteiger partial charge in [0.05, 0.1) is 0 Å². The molecule has 0 aliphatic carbocycles. The van der Waals surface area contributed by atoms with Crippen molar-refractivity contribution in [2.75, 3.05) is 0 Å². The minimum Gasteiger partial charge on any atom is -0.456 e. The summed E-state index contributed by atoms with van der Waals surface area (Å²) in [5.41, 5.74) is 6.49. The zero-order valence-electron chi connectivity index (χ0n) is 28.5. The van der Waals surface area contributed by atoms with Gasteiger partial charge in [-0.25, -0.2) is 15.0 Å². The molecule has 11 aromatic rings. The van der Waals surface area contributed by atoms with Crippen molar-refractivity contribution < 1.29 is 4.42 Å². The Morgan fingerprint density at radius 1 is 0.302 bits per heavy atom. The van der Waals surface area contributed by atoms with E-state index in [1.165, 1.54) is 37.7 Å². The Labute approximate surface area is 304 Å². The maximum atomic E-state index is 6.60. The molecule has 0 aliphatic rings. The molecule has 246 valence electrons. The molecule has 0 unspecified atom stereocenters. The van der Waals surface area contributed by atoms with Crippen LogP contribution in [0.25, 0.3) is 110 Å². The molecule has 0 atom stereocenters. The Morgan fingerprint density at radius 2 is 0.868 bits per heavy atom. The molecule has 0 amide bonds. The predicted octanol–water partition coefficient (Wildman–Crippen LogP) is 13.1. The number of benzene rings is 9. The zero-order chi connectivity index (χ0) is 34.9. The van der Waals surface area contributed by atoms with E-state index in [1.807, 2.05) is 42.5 Å². The normalized spacial score (nSPS) is 11.8. The minimum absolute atomic E-state index is 0.595. The third-order valence-electron chi connectivity index (χ3n) is 10.5. The fourth-order valence-corrected chi connectivity index (χ4v) is 7.95. The third-order valence-corrected chi connectivity index (χ3v) is 10.5. The van der Waals surface area contributed by atoms with E-state index >= 15 is 0 Å². The number of fused-ring (bicyclic) bond motifs is 10. The number of nitrogens with zero attached hydrogens (tertiary/aromatic N) is 3. The van der Waals surface area contributed by atoms with Crippen LogP contribution in [0.1, 0.15) is 0 Å². The lowest BCUT2D eigenvalue weighted by atomic mass is 9.91. The Hall–Kier alpha value is -7.17. The van der Waals surface area contributed by atoms with Crippen molar-refractivity contribution in [2.24, 2.45) is 0 Å². The van der Waals surface area contributed by atoms with Crippen molar-refractivity contribution in [2.45, 2.75) is 0 Å². The summed E-state index contributed by atoms with van der Waals surface area (Å²) in [6, 6.07) is 61.7. The molecule has 53 heavy (non-hydrogen) atoms. The van der Waals surface area contributed by atoms with Gasteiger partial charge >= 0.3 is 0 Å². The van der Waals surface area contributed by atoms with Gasteiger partial charge in [-0.15, -0.1) is 0 Å². The number of aromatic nitrogens is 3. The van der Waals surface area contributed by atoms with Crippen LogP contribution < -0.4 is 0 Å². The molecular weight excluding hydrogens is 647 g/mol. The van der Waals surface area contributed by atoms with Crippen molar-refractivity contribution in [3.05, 3.63) is 176 Å². The first-order valence-electron chi connectivity index (χ1n) is 17.9. The molecule has 0 radical (unpaired) electrons. The Balaban J connectivity index is 1.19. The molecule has 0 fully saturated rings. The van der Waals surface area contributed by atoms with Crippen molar-refractivity contribution in [1.29, 1.82) is 0 Å². The van der Waals surface area contributed by atoms with E-state index in [9.17, 15) is 0 Å². The summed E-state index contributed by atoms with van der Waals surface area (Å²) >= 11 is 0. The Kier molecular flexibility index (Phi) is 6.52. The maximum Gasteiger partial charge on any atom is 0.164 e. The fraction of sp³-hybridized carbons (Fsp3) is 0. The van der Waals surface area contributed by atoms with Crippen LogP contribution in [-0.2, 0) is 0 Å². The van der Waals surface area contributed by atoms with Crippen LogP contribution in [-0.4, -0.2) is 15.0 Å². The van der Waals surface area contributed by atoms with Crippen molar-refractivity contribution in [1.82, 2.24) is 15.0 Å². The molecular formula is C49H29N3O. The number of rotatable bonds is 4. The minimum atomic E-state index is 0.595. The Bertz CT molecular complexity index is 3200. The summed E-state index contributed by atoms with van der Waals surface area (Å²) in [6.07, 6.45) is 0. The summed E-state index contributed by atoms with van der Waals surface area (Å²) < 4.78 is 6.60. The van der Waals surface area contributed by atoms with E-state index < -0.39 is 0 Å². The molecule has 4 nitrogen and oxygen atoms in total. The molecule has 0 bridgehead atoms. The maximum absolute atomic E-state index is 6.60. The average Bonchev–Trinajstić information content (AvgIpc) is 3.62. The molecule has 0 N–H and O–H groups in total. The van der Waals surface area contributed by atoms with Gasteiger partial charge in [-0.05, 0) is 84.5 Å². The van der Waals surface area contributed by atoms with Gasteiger partial charge in [0, 0.05) is 27.5 Å². The molecule has 4 heteroatoms. The smallest absolute Gasteiger partial charge is 0.164 e. The van der Waals surface area contributed by atoms with Gasteiger partial charge < -0.3 is 4.42 Å². The molecule has 0 saturated carbocycles. The third kappa shape index (κ3) is 4.80. The van der Waals surface area contributed by atoms with Crippen LogP contribution in [0, 0.1) is 0 Å². The van der Waals surface area contributed by atoms with Gasteiger partial charge in [0.1, 0.15) is 11.2 Å². The van der Waals surface area contributed by atoms with E-state index in [2.05, 4.69) is 133 Å². The van der Waals surface area contributed by atoms with Crippen molar-refractivity contribution in [3.8, 4) is 45.3 Å². The number of furan rings is 1. The summed E-state index contributed by atoms with van der Waals surface area (Å²) in [5, 5.41) is 11.8. The monoisotopic (exact) mass is 675 g/mol. The highest BCUT2D eigenvalue weighted by Gasteiger charge is 2.20. The quantitative estimate of drug-likeness (QED) is 0.174.